The Morgan fingerprint density at radius 3 is 2.30 bits per heavy atom. The summed E-state index contributed by atoms with van der Waals surface area (Å²) in [6, 6.07) is 13.8. The Balaban J connectivity index is 1.80. The van der Waals surface area contributed by atoms with Crippen molar-refractivity contribution < 1.29 is 13.2 Å². The van der Waals surface area contributed by atoms with E-state index in [0.717, 1.165) is 5.56 Å². The fraction of sp³-hybridized carbons (Fsp3) is 0.111. The molecule has 0 fully saturated rings. The second kappa shape index (κ2) is 7.42. The van der Waals surface area contributed by atoms with Gasteiger partial charge in [0.1, 0.15) is 5.82 Å². The van der Waals surface area contributed by atoms with Crippen molar-refractivity contribution in [1.82, 2.24) is 14.5 Å². The molecule has 1 heterocycles. The van der Waals surface area contributed by atoms with Crippen LogP contribution >= 0.6 is 11.6 Å². The van der Waals surface area contributed by atoms with Gasteiger partial charge in [0.25, 0.3) is 10.0 Å². The Bertz CT molecular complexity index is 1070. The van der Waals surface area contributed by atoms with Crippen molar-refractivity contribution in [3.63, 3.8) is 0 Å². The number of carbonyl (C=O) groups excluding carboxylic acids is 1. The zero-order chi connectivity index (χ0) is 19.6. The Morgan fingerprint density at radius 1 is 1.04 bits per heavy atom. The number of aromatic nitrogens is 2. The van der Waals surface area contributed by atoms with E-state index in [1.807, 2.05) is 11.6 Å². The van der Waals surface area contributed by atoms with Crippen LogP contribution in [0, 0.1) is 13.8 Å². The number of sulfonamides is 1. The normalized spacial score (nSPS) is 11.2. The molecule has 2 aromatic carbocycles. The molecular weight excluding hydrogens is 388 g/mol. The number of anilines is 1. The molecule has 27 heavy (non-hydrogen) atoms. The number of benzene rings is 2. The Kier molecular flexibility index (Phi) is 5.20. The topological polar surface area (TPSA) is 93.1 Å². The molecule has 0 radical (unpaired) electrons. The van der Waals surface area contributed by atoms with Crippen LogP contribution in [0.5, 0.6) is 0 Å². The predicted octanol–water partition coefficient (Wildman–Crippen LogP) is 3.65. The molecule has 1 aromatic heterocycles. The van der Waals surface area contributed by atoms with Crippen LogP contribution in [-0.2, 0) is 10.0 Å². The van der Waals surface area contributed by atoms with Gasteiger partial charge in [-0.1, -0.05) is 29.3 Å². The van der Waals surface area contributed by atoms with Crippen molar-refractivity contribution in [2.45, 2.75) is 18.7 Å². The van der Waals surface area contributed by atoms with Crippen LogP contribution in [0.25, 0.3) is 5.69 Å². The summed E-state index contributed by atoms with van der Waals surface area (Å²) in [4.78, 5) is 12.3. The number of nitrogens with zero attached hydrogens (tertiary/aromatic N) is 2. The molecule has 0 spiro atoms. The van der Waals surface area contributed by atoms with Crippen LogP contribution < -0.4 is 10.0 Å². The smallest absolute Gasteiger partial charge is 0.291 e. The first kappa shape index (κ1) is 18.9. The standard InChI is InChI=1S/C18H17ClN4O3S/c1-12-3-9-16(10-4-12)27(25,26)22-18(24)20-17-11-13(2)21-23(17)15-7-5-14(19)6-8-15/h3-11H,1-2H3,(H2,20,22,24). The molecule has 0 aliphatic carbocycles. The number of amides is 2. The zero-order valence-electron chi connectivity index (χ0n) is 14.6. The first-order valence-corrected chi connectivity index (χ1v) is 9.84. The van der Waals surface area contributed by atoms with Crippen molar-refractivity contribution in [1.29, 1.82) is 0 Å². The van der Waals surface area contributed by atoms with Crippen molar-refractivity contribution in [3.8, 4) is 5.69 Å². The van der Waals surface area contributed by atoms with Crippen LogP contribution in [0.2, 0.25) is 5.02 Å². The fourth-order valence-electron chi connectivity index (χ4n) is 2.41. The van der Waals surface area contributed by atoms with E-state index < -0.39 is 16.1 Å². The van der Waals surface area contributed by atoms with Gasteiger partial charge >= 0.3 is 6.03 Å². The van der Waals surface area contributed by atoms with Gasteiger partial charge in [0.15, 0.2) is 0 Å². The molecule has 0 saturated heterocycles. The summed E-state index contributed by atoms with van der Waals surface area (Å²) >= 11 is 5.89. The lowest BCUT2D eigenvalue weighted by atomic mass is 10.2. The van der Waals surface area contributed by atoms with E-state index in [1.54, 1.807) is 49.4 Å². The number of hydrogen-bond donors (Lipinski definition) is 2. The molecule has 7 nitrogen and oxygen atoms in total. The van der Waals surface area contributed by atoms with Gasteiger partial charge in [-0.15, -0.1) is 0 Å². The van der Waals surface area contributed by atoms with E-state index in [0.29, 0.717) is 22.2 Å². The largest absolute Gasteiger partial charge is 0.334 e. The lowest BCUT2D eigenvalue weighted by molar-refractivity contribution is 0.256. The van der Waals surface area contributed by atoms with E-state index in [4.69, 9.17) is 11.6 Å². The van der Waals surface area contributed by atoms with Crippen molar-refractivity contribution in [3.05, 3.63) is 70.9 Å². The molecule has 2 amide bonds. The highest BCUT2D eigenvalue weighted by Gasteiger charge is 2.19. The van der Waals surface area contributed by atoms with Crippen LogP contribution in [0.3, 0.4) is 0 Å². The molecule has 3 rings (SSSR count). The number of hydrogen-bond acceptors (Lipinski definition) is 4. The van der Waals surface area contributed by atoms with E-state index in [-0.39, 0.29) is 4.90 Å². The SMILES string of the molecule is Cc1ccc(S(=O)(=O)NC(=O)Nc2cc(C)nn2-c2ccc(Cl)cc2)cc1. The van der Waals surface area contributed by atoms with Gasteiger partial charge in [0.2, 0.25) is 0 Å². The quantitative estimate of drug-likeness (QED) is 0.694. The lowest BCUT2D eigenvalue weighted by Crippen LogP contribution is -2.34. The third-order valence-corrected chi connectivity index (χ3v) is 5.30. The monoisotopic (exact) mass is 404 g/mol. The highest BCUT2D eigenvalue weighted by atomic mass is 35.5. The van der Waals surface area contributed by atoms with Crippen LogP contribution in [0.1, 0.15) is 11.3 Å². The summed E-state index contributed by atoms with van der Waals surface area (Å²) in [7, 11) is -3.98. The molecule has 0 aliphatic rings. The maximum atomic E-state index is 12.3. The average molecular weight is 405 g/mol. The molecule has 3 aromatic rings. The number of nitrogens with one attached hydrogen (secondary N) is 2. The average Bonchev–Trinajstić information content (AvgIpc) is 2.95. The minimum Gasteiger partial charge on any atom is -0.291 e. The van der Waals surface area contributed by atoms with Crippen molar-refractivity contribution in [2.24, 2.45) is 0 Å². The van der Waals surface area contributed by atoms with Crippen LogP contribution in [-0.4, -0.2) is 24.2 Å². The van der Waals surface area contributed by atoms with Crippen LogP contribution in [0.15, 0.2) is 59.5 Å². The Labute approximate surface area is 162 Å². The number of halogens is 1. The fourth-order valence-corrected chi connectivity index (χ4v) is 3.44. The van der Waals surface area contributed by atoms with Gasteiger partial charge in [0, 0.05) is 11.1 Å². The Hall–Kier alpha value is -2.84. The summed E-state index contributed by atoms with van der Waals surface area (Å²) < 4.78 is 28.2. The first-order valence-electron chi connectivity index (χ1n) is 7.98. The van der Waals surface area contributed by atoms with Gasteiger partial charge in [-0.25, -0.2) is 22.6 Å². The molecule has 2 N–H and O–H groups in total. The van der Waals surface area contributed by atoms with Gasteiger partial charge in [-0.2, -0.15) is 5.10 Å². The third kappa shape index (κ3) is 4.47. The van der Waals surface area contributed by atoms with E-state index in [1.165, 1.54) is 16.8 Å². The number of aryl methyl sites for hydroxylation is 2. The molecule has 0 unspecified atom stereocenters. The van der Waals surface area contributed by atoms with Gasteiger partial charge < -0.3 is 0 Å². The maximum absolute atomic E-state index is 12.3. The Morgan fingerprint density at radius 2 is 1.67 bits per heavy atom. The predicted molar refractivity (Wildman–Crippen MR) is 104 cm³/mol. The molecule has 0 bridgehead atoms. The number of carbonyl (C=O) groups is 1. The summed E-state index contributed by atoms with van der Waals surface area (Å²) in [5.74, 6) is 0.325. The first-order chi connectivity index (χ1) is 12.7. The second-order valence-electron chi connectivity index (χ2n) is 5.93. The highest BCUT2D eigenvalue weighted by Crippen LogP contribution is 2.19. The highest BCUT2D eigenvalue weighted by molar-refractivity contribution is 7.90. The van der Waals surface area contributed by atoms with Crippen molar-refractivity contribution in [2.75, 3.05) is 5.32 Å². The molecule has 9 heteroatoms. The molecule has 0 aliphatic heterocycles. The molecule has 0 saturated carbocycles. The third-order valence-electron chi connectivity index (χ3n) is 3.70. The summed E-state index contributed by atoms with van der Waals surface area (Å²) in [5.41, 5.74) is 2.24. The summed E-state index contributed by atoms with van der Waals surface area (Å²) in [5, 5.41) is 7.40. The van der Waals surface area contributed by atoms with Crippen LogP contribution in [0.4, 0.5) is 10.6 Å². The van der Waals surface area contributed by atoms with Gasteiger partial charge in [-0.3, -0.25) is 5.32 Å². The zero-order valence-corrected chi connectivity index (χ0v) is 16.2. The van der Waals surface area contributed by atoms with Gasteiger partial charge in [-0.05, 0) is 50.2 Å². The number of urea groups is 1. The van der Waals surface area contributed by atoms with E-state index in [9.17, 15) is 13.2 Å². The summed E-state index contributed by atoms with van der Waals surface area (Å²) in [6.07, 6.45) is 0. The number of rotatable bonds is 4. The second-order valence-corrected chi connectivity index (χ2v) is 8.05. The molecular formula is C18H17ClN4O3S. The van der Waals surface area contributed by atoms with Gasteiger partial charge in [0.05, 0.1) is 16.3 Å². The van der Waals surface area contributed by atoms with E-state index >= 15 is 0 Å². The maximum Gasteiger partial charge on any atom is 0.334 e. The lowest BCUT2D eigenvalue weighted by Gasteiger charge is -2.11. The van der Waals surface area contributed by atoms with E-state index in [2.05, 4.69) is 10.4 Å². The summed E-state index contributed by atoms with van der Waals surface area (Å²) in [6.45, 7) is 3.61. The minimum atomic E-state index is -3.98. The molecule has 140 valence electrons. The van der Waals surface area contributed by atoms with Crippen molar-refractivity contribution >= 4 is 33.5 Å². The molecule has 0 atom stereocenters. The minimum absolute atomic E-state index is 0.00522.